The second kappa shape index (κ2) is 2.96. The van der Waals surface area contributed by atoms with Gasteiger partial charge in [0.05, 0.1) is 0 Å². The van der Waals surface area contributed by atoms with E-state index in [0.29, 0.717) is 12.1 Å². The van der Waals surface area contributed by atoms with Gasteiger partial charge in [0.15, 0.2) is 0 Å². The van der Waals surface area contributed by atoms with Crippen molar-refractivity contribution < 1.29 is 4.79 Å². The normalized spacial score (nSPS) is 32.7. The van der Waals surface area contributed by atoms with Crippen molar-refractivity contribution in [1.29, 1.82) is 0 Å². The van der Waals surface area contributed by atoms with Crippen LogP contribution in [0.4, 0.5) is 0 Å². The van der Waals surface area contributed by atoms with Gasteiger partial charge in [0.1, 0.15) is 0 Å². The zero-order valence-corrected chi connectivity index (χ0v) is 9.58. The smallest absolute Gasteiger partial charge is 0.219 e. The maximum absolute atomic E-state index is 11.2. The Morgan fingerprint density at radius 3 is 2.07 bits per heavy atom. The summed E-state index contributed by atoms with van der Waals surface area (Å²) in [6, 6.07) is 1.22. The van der Waals surface area contributed by atoms with Crippen LogP contribution >= 0.6 is 0 Å². The van der Waals surface area contributed by atoms with Crippen LogP contribution in [0.25, 0.3) is 0 Å². The van der Waals surface area contributed by atoms with Crippen LogP contribution in [0, 0.1) is 0 Å². The number of carbonyl (C=O) groups is 1. The largest absolute Gasteiger partial charge is 0.340 e. The fourth-order valence-corrected chi connectivity index (χ4v) is 2.96. The summed E-state index contributed by atoms with van der Waals surface area (Å²) in [5.74, 6) is 0.230. The third kappa shape index (κ3) is 1.44. The molecule has 3 saturated heterocycles. The molecule has 1 amide bonds. The van der Waals surface area contributed by atoms with Gasteiger partial charge in [-0.05, 0) is 27.2 Å². The molecule has 0 spiro atoms. The molecule has 2 unspecified atom stereocenters. The lowest BCUT2D eigenvalue weighted by atomic mass is 9.82. The van der Waals surface area contributed by atoms with Crippen LogP contribution < -0.4 is 0 Å². The molecule has 0 aromatic carbocycles. The van der Waals surface area contributed by atoms with Crippen LogP contribution in [0.15, 0.2) is 0 Å². The average Bonchev–Trinajstić information content (AvgIpc) is 2.00. The Kier molecular flexibility index (Phi) is 2.11. The first-order valence-corrected chi connectivity index (χ1v) is 5.43. The lowest BCUT2D eigenvalue weighted by Gasteiger charge is -2.61. The van der Waals surface area contributed by atoms with Gasteiger partial charge in [-0.25, -0.2) is 0 Å². The number of hydrogen-bond donors (Lipinski definition) is 0. The molecule has 0 aromatic rings. The highest BCUT2D eigenvalue weighted by Crippen LogP contribution is 2.38. The van der Waals surface area contributed by atoms with Crippen LogP contribution in [0.5, 0.6) is 0 Å². The standard InChI is InChI=1S/C11H20N2O/c1-8(14)12-6-9-5-10(7-12)13(9)11(2,3)4/h9-10H,5-7H2,1-4H3. The second-order valence-corrected chi connectivity index (χ2v) is 5.55. The number of piperazine rings is 1. The Hall–Kier alpha value is -0.570. The summed E-state index contributed by atoms with van der Waals surface area (Å²) in [5.41, 5.74) is 0.260. The van der Waals surface area contributed by atoms with E-state index in [1.807, 2.05) is 4.90 Å². The Morgan fingerprint density at radius 2 is 1.71 bits per heavy atom. The Labute approximate surface area is 86.1 Å². The highest BCUT2D eigenvalue weighted by atomic mass is 16.2. The Morgan fingerprint density at radius 1 is 1.21 bits per heavy atom. The lowest BCUT2D eigenvalue weighted by molar-refractivity contribution is -0.151. The maximum Gasteiger partial charge on any atom is 0.219 e. The molecule has 0 saturated carbocycles. The molecule has 3 heterocycles. The molecule has 3 aliphatic heterocycles. The van der Waals surface area contributed by atoms with Crippen LogP contribution in [0.2, 0.25) is 0 Å². The first-order valence-electron chi connectivity index (χ1n) is 5.43. The predicted octanol–water partition coefficient (Wildman–Crippen LogP) is 1.09. The van der Waals surface area contributed by atoms with Crippen molar-refractivity contribution in [2.45, 2.75) is 51.7 Å². The molecule has 2 bridgehead atoms. The minimum atomic E-state index is 0.230. The molecular weight excluding hydrogens is 176 g/mol. The SMILES string of the molecule is CC(=O)N1CC2CC(C1)N2C(C)(C)C. The van der Waals surface area contributed by atoms with Crippen molar-refractivity contribution in [2.75, 3.05) is 13.1 Å². The summed E-state index contributed by atoms with van der Waals surface area (Å²) in [7, 11) is 0. The number of amides is 1. The summed E-state index contributed by atoms with van der Waals surface area (Å²) in [6.45, 7) is 10.3. The first kappa shape index (κ1) is 9.97. The summed E-state index contributed by atoms with van der Waals surface area (Å²) in [4.78, 5) is 15.8. The number of piperidine rings is 1. The van der Waals surface area contributed by atoms with Crippen molar-refractivity contribution in [3.8, 4) is 0 Å². The molecule has 3 nitrogen and oxygen atoms in total. The van der Waals surface area contributed by atoms with Gasteiger partial charge in [-0.15, -0.1) is 0 Å². The minimum Gasteiger partial charge on any atom is -0.340 e. The number of carbonyl (C=O) groups excluding carboxylic acids is 1. The topological polar surface area (TPSA) is 23.6 Å². The summed E-state index contributed by atoms with van der Waals surface area (Å²) < 4.78 is 0. The fraction of sp³-hybridized carbons (Fsp3) is 0.909. The van der Waals surface area contributed by atoms with E-state index in [1.165, 1.54) is 6.42 Å². The minimum absolute atomic E-state index is 0.230. The summed E-state index contributed by atoms with van der Waals surface area (Å²) >= 11 is 0. The van der Waals surface area contributed by atoms with Crippen LogP contribution in [-0.2, 0) is 4.79 Å². The van der Waals surface area contributed by atoms with Gasteiger partial charge in [0, 0.05) is 37.6 Å². The molecule has 2 atom stereocenters. The van der Waals surface area contributed by atoms with E-state index in [-0.39, 0.29) is 11.4 Å². The van der Waals surface area contributed by atoms with E-state index in [4.69, 9.17) is 0 Å². The quantitative estimate of drug-likeness (QED) is 0.579. The molecule has 0 aromatic heterocycles. The Balaban J connectivity index is 2.03. The third-order valence-corrected chi connectivity index (χ3v) is 3.41. The summed E-state index contributed by atoms with van der Waals surface area (Å²) in [6.07, 6.45) is 1.28. The van der Waals surface area contributed by atoms with Gasteiger partial charge in [-0.2, -0.15) is 0 Å². The number of fused-ring (bicyclic) bond motifs is 2. The number of hydrogen-bond acceptors (Lipinski definition) is 2. The highest BCUT2D eigenvalue weighted by Gasteiger charge is 2.49. The molecule has 3 fully saturated rings. The third-order valence-electron chi connectivity index (χ3n) is 3.41. The highest BCUT2D eigenvalue weighted by molar-refractivity contribution is 5.73. The number of rotatable bonds is 0. The van der Waals surface area contributed by atoms with E-state index in [2.05, 4.69) is 25.7 Å². The maximum atomic E-state index is 11.2. The van der Waals surface area contributed by atoms with Crippen molar-refractivity contribution in [3.63, 3.8) is 0 Å². The zero-order valence-electron chi connectivity index (χ0n) is 9.58. The monoisotopic (exact) mass is 196 g/mol. The predicted molar refractivity (Wildman–Crippen MR) is 56.0 cm³/mol. The van der Waals surface area contributed by atoms with Crippen molar-refractivity contribution in [3.05, 3.63) is 0 Å². The van der Waals surface area contributed by atoms with Gasteiger partial charge in [0.2, 0.25) is 5.91 Å². The molecule has 0 radical (unpaired) electrons. The van der Waals surface area contributed by atoms with Crippen molar-refractivity contribution in [1.82, 2.24) is 9.80 Å². The number of nitrogens with zero attached hydrogens (tertiary/aromatic N) is 2. The van der Waals surface area contributed by atoms with E-state index in [1.54, 1.807) is 6.92 Å². The van der Waals surface area contributed by atoms with Crippen LogP contribution in [0.3, 0.4) is 0 Å². The molecule has 0 aliphatic carbocycles. The van der Waals surface area contributed by atoms with Crippen molar-refractivity contribution in [2.24, 2.45) is 0 Å². The van der Waals surface area contributed by atoms with E-state index >= 15 is 0 Å². The molecule has 14 heavy (non-hydrogen) atoms. The first-order chi connectivity index (χ1) is 6.39. The molecule has 3 aliphatic rings. The molecule has 80 valence electrons. The molecule has 3 rings (SSSR count). The second-order valence-electron chi connectivity index (χ2n) is 5.55. The van der Waals surface area contributed by atoms with E-state index in [9.17, 15) is 4.79 Å². The average molecular weight is 196 g/mol. The van der Waals surface area contributed by atoms with Gasteiger partial charge >= 0.3 is 0 Å². The lowest BCUT2D eigenvalue weighted by Crippen LogP contribution is -2.73. The van der Waals surface area contributed by atoms with Crippen LogP contribution in [-0.4, -0.2) is 46.4 Å². The van der Waals surface area contributed by atoms with Crippen LogP contribution in [0.1, 0.15) is 34.1 Å². The van der Waals surface area contributed by atoms with Gasteiger partial charge in [0.25, 0.3) is 0 Å². The van der Waals surface area contributed by atoms with Gasteiger partial charge in [-0.3, -0.25) is 9.69 Å². The molecule has 0 N–H and O–H groups in total. The fourth-order valence-electron chi connectivity index (χ4n) is 2.96. The van der Waals surface area contributed by atoms with Gasteiger partial charge < -0.3 is 4.90 Å². The molecular formula is C11H20N2O. The van der Waals surface area contributed by atoms with E-state index in [0.717, 1.165) is 13.1 Å². The summed E-state index contributed by atoms with van der Waals surface area (Å²) in [5, 5.41) is 0. The van der Waals surface area contributed by atoms with E-state index < -0.39 is 0 Å². The van der Waals surface area contributed by atoms with Gasteiger partial charge in [-0.1, -0.05) is 0 Å². The Bertz CT molecular complexity index is 245. The zero-order chi connectivity index (χ0) is 10.5. The van der Waals surface area contributed by atoms with Crippen molar-refractivity contribution >= 4 is 5.91 Å². The molecule has 3 heteroatoms.